The van der Waals surface area contributed by atoms with Gasteiger partial charge in [-0.3, -0.25) is 0 Å². The lowest BCUT2D eigenvalue weighted by Crippen LogP contribution is -1.97. The van der Waals surface area contributed by atoms with Crippen LogP contribution in [-0.4, -0.2) is 14.2 Å². The molecule has 1 radical (unpaired) electrons. The summed E-state index contributed by atoms with van der Waals surface area (Å²) in [5.41, 5.74) is 2.91. The molecule has 0 saturated heterocycles. The Kier molecular flexibility index (Phi) is 4.05. The first-order valence-corrected chi connectivity index (χ1v) is 6.02. The average molecular weight is 259 g/mol. The highest BCUT2D eigenvalue weighted by atomic mass is 19.1. The molecule has 3 heteroatoms. The number of benzene rings is 2. The molecular weight excluding hydrogens is 243 g/mol. The SMILES string of the molecule is COc1ccc(Cc2[c]ccc(OC)c2C)cc1F. The predicted molar refractivity (Wildman–Crippen MR) is 72.3 cm³/mol. The van der Waals surface area contributed by atoms with E-state index in [0.29, 0.717) is 6.42 Å². The summed E-state index contributed by atoms with van der Waals surface area (Å²) in [5, 5.41) is 0. The lowest BCUT2D eigenvalue weighted by atomic mass is 10.00. The van der Waals surface area contributed by atoms with Crippen molar-refractivity contribution in [1.82, 2.24) is 0 Å². The second-order valence-electron chi connectivity index (χ2n) is 4.30. The van der Waals surface area contributed by atoms with Crippen molar-refractivity contribution in [3.63, 3.8) is 0 Å². The van der Waals surface area contributed by atoms with Gasteiger partial charge in [0.15, 0.2) is 11.6 Å². The van der Waals surface area contributed by atoms with E-state index in [4.69, 9.17) is 9.47 Å². The number of halogens is 1. The topological polar surface area (TPSA) is 18.5 Å². The van der Waals surface area contributed by atoms with Crippen LogP contribution in [0, 0.1) is 18.8 Å². The molecule has 19 heavy (non-hydrogen) atoms. The first kappa shape index (κ1) is 13.4. The average Bonchev–Trinajstić information content (AvgIpc) is 2.41. The maximum absolute atomic E-state index is 13.6. The van der Waals surface area contributed by atoms with E-state index < -0.39 is 0 Å². The van der Waals surface area contributed by atoms with Gasteiger partial charge in [0.2, 0.25) is 0 Å². The Morgan fingerprint density at radius 2 is 1.84 bits per heavy atom. The third-order valence-electron chi connectivity index (χ3n) is 3.13. The molecule has 2 aromatic rings. The van der Waals surface area contributed by atoms with E-state index in [1.165, 1.54) is 13.2 Å². The third-order valence-corrected chi connectivity index (χ3v) is 3.13. The van der Waals surface area contributed by atoms with Gasteiger partial charge in [0.05, 0.1) is 14.2 Å². The van der Waals surface area contributed by atoms with Gasteiger partial charge in [-0.25, -0.2) is 4.39 Å². The van der Waals surface area contributed by atoms with Crippen LogP contribution in [0.15, 0.2) is 30.3 Å². The molecule has 2 nitrogen and oxygen atoms in total. The molecule has 0 aromatic heterocycles. The van der Waals surface area contributed by atoms with Crippen LogP contribution in [0.5, 0.6) is 11.5 Å². The Hall–Kier alpha value is -2.03. The standard InChI is InChI=1S/C16H16FO2/c1-11-13(5-4-6-15(11)18-2)9-12-7-8-16(19-3)14(17)10-12/h4,6-8,10H,9H2,1-3H3. The fourth-order valence-corrected chi connectivity index (χ4v) is 2.03. The molecule has 0 fully saturated rings. The van der Waals surface area contributed by atoms with E-state index in [1.807, 2.05) is 25.1 Å². The van der Waals surface area contributed by atoms with Crippen molar-refractivity contribution in [2.45, 2.75) is 13.3 Å². The largest absolute Gasteiger partial charge is 0.496 e. The minimum atomic E-state index is -0.347. The fraction of sp³-hybridized carbons (Fsp3) is 0.250. The van der Waals surface area contributed by atoms with Gasteiger partial charge in [-0.1, -0.05) is 12.1 Å². The third kappa shape index (κ3) is 2.87. The van der Waals surface area contributed by atoms with Crippen LogP contribution < -0.4 is 9.47 Å². The van der Waals surface area contributed by atoms with Crippen LogP contribution in [-0.2, 0) is 6.42 Å². The zero-order chi connectivity index (χ0) is 13.8. The van der Waals surface area contributed by atoms with Crippen LogP contribution in [0.4, 0.5) is 4.39 Å². The summed E-state index contributed by atoms with van der Waals surface area (Å²) in [6.07, 6.45) is 0.615. The second kappa shape index (κ2) is 5.74. The van der Waals surface area contributed by atoms with Gasteiger partial charge >= 0.3 is 0 Å². The lowest BCUT2D eigenvalue weighted by molar-refractivity contribution is 0.386. The Bertz CT molecular complexity index is 579. The van der Waals surface area contributed by atoms with Crippen molar-refractivity contribution in [2.75, 3.05) is 14.2 Å². The van der Waals surface area contributed by atoms with Crippen LogP contribution >= 0.6 is 0 Å². The molecule has 0 saturated carbocycles. The number of ether oxygens (including phenoxy) is 2. The molecular formula is C16H16FO2. The minimum absolute atomic E-state index is 0.259. The molecule has 0 bridgehead atoms. The summed E-state index contributed by atoms with van der Waals surface area (Å²) in [6, 6.07) is 11.8. The van der Waals surface area contributed by atoms with Crippen molar-refractivity contribution in [2.24, 2.45) is 0 Å². The van der Waals surface area contributed by atoms with Gasteiger partial charge in [0.25, 0.3) is 0 Å². The van der Waals surface area contributed by atoms with Crippen LogP contribution in [0.25, 0.3) is 0 Å². The normalized spacial score (nSPS) is 10.3. The predicted octanol–water partition coefficient (Wildman–Crippen LogP) is 3.54. The van der Waals surface area contributed by atoms with Crippen LogP contribution in [0.2, 0.25) is 0 Å². The summed E-state index contributed by atoms with van der Waals surface area (Å²) in [7, 11) is 3.09. The number of hydrogen-bond donors (Lipinski definition) is 0. The minimum Gasteiger partial charge on any atom is -0.496 e. The van der Waals surface area contributed by atoms with E-state index in [-0.39, 0.29) is 11.6 Å². The van der Waals surface area contributed by atoms with Gasteiger partial charge < -0.3 is 9.47 Å². The van der Waals surface area contributed by atoms with E-state index >= 15 is 0 Å². The molecule has 0 aliphatic carbocycles. The highest BCUT2D eigenvalue weighted by Crippen LogP contribution is 2.24. The summed E-state index contributed by atoms with van der Waals surface area (Å²) in [5.74, 6) is 0.735. The van der Waals surface area contributed by atoms with E-state index in [9.17, 15) is 4.39 Å². The molecule has 0 atom stereocenters. The van der Waals surface area contributed by atoms with Gasteiger partial charge in [0, 0.05) is 0 Å². The van der Waals surface area contributed by atoms with Gasteiger partial charge in [0.1, 0.15) is 5.75 Å². The van der Waals surface area contributed by atoms with Crippen LogP contribution in [0.1, 0.15) is 16.7 Å². The molecule has 0 unspecified atom stereocenters. The fourth-order valence-electron chi connectivity index (χ4n) is 2.03. The zero-order valence-electron chi connectivity index (χ0n) is 11.3. The summed E-state index contributed by atoms with van der Waals surface area (Å²) in [6.45, 7) is 1.98. The molecule has 0 N–H and O–H groups in total. The summed E-state index contributed by atoms with van der Waals surface area (Å²) < 4.78 is 23.8. The maximum atomic E-state index is 13.6. The highest BCUT2D eigenvalue weighted by molar-refractivity contribution is 5.41. The smallest absolute Gasteiger partial charge is 0.165 e. The van der Waals surface area contributed by atoms with E-state index in [0.717, 1.165) is 22.4 Å². The molecule has 2 rings (SSSR count). The molecule has 0 heterocycles. The molecule has 0 aliphatic heterocycles. The quantitative estimate of drug-likeness (QED) is 0.836. The molecule has 0 spiro atoms. The van der Waals surface area contributed by atoms with Crippen molar-refractivity contribution in [3.05, 3.63) is 58.9 Å². The molecule has 0 amide bonds. The second-order valence-corrected chi connectivity index (χ2v) is 4.30. The van der Waals surface area contributed by atoms with Crippen molar-refractivity contribution in [1.29, 1.82) is 0 Å². The summed E-state index contributed by atoms with van der Waals surface area (Å²) >= 11 is 0. The molecule has 0 aliphatic rings. The van der Waals surface area contributed by atoms with Crippen molar-refractivity contribution >= 4 is 0 Å². The number of rotatable bonds is 4. The van der Waals surface area contributed by atoms with E-state index in [1.54, 1.807) is 13.2 Å². The first-order chi connectivity index (χ1) is 9.15. The van der Waals surface area contributed by atoms with Crippen LogP contribution in [0.3, 0.4) is 0 Å². The number of methoxy groups -OCH3 is 2. The monoisotopic (exact) mass is 259 g/mol. The van der Waals surface area contributed by atoms with E-state index in [2.05, 4.69) is 6.07 Å². The Balaban J connectivity index is 2.29. The van der Waals surface area contributed by atoms with Gasteiger partial charge in [-0.05, 0) is 54.3 Å². The molecule has 99 valence electrons. The summed E-state index contributed by atoms with van der Waals surface area (Å²) in [4.78, 5) is 0. The highest BCUT2D eigenvalue weighted by Gasteiger charge is 2.08. The maximum Gasteiger partial charge on any atom is 0.165 e. The Labute approximate surface area is 112 Å². The molecule has 2 aromatic carbocycles. The van der Waals surface area contributed by atoms with Gasteiger partial charge in [-0.2, -0.15) is 0 Å². The van der Waals surface area contributed by atoms with Crippen molar-refractivity contribution in [3.8, 4) is 11.5 Å². The van der Waals surface area contributed by atoms with Gasteiger partial charge in [-0.15, -0.1) is 0 Å². The van der Waals surface area contributed by atoms with Crippen molar-refractivity contribution < 1.29 is 13.9 Å². The Morgan fingerprint density at radius 1 is 1.11 bits per heavy atom. The Morgan fingerprint density at radius 3 is 2.47 bits per heavy atom. The lowest BCUT2D eigenvalue weighted by Gasteiger charge is -2.10. The number of hydrogen-bond acceptors (Lipinski definition) is 2. The zero-order valence-corrected chi connectivity index (χ0v) is 11.3. The first-order valence-electron chi connectivity index (χ1n) is 6.02.